The summed E-state index contributed by atoms with van der Waals surface area (Å²) in [5.41, 5.74) is 5.71. The van der Waals surface area contributed by atoms with Crippen LogP contribution in [-0.2, 0) is 35.2 Å². The molecule has 2 aliphatic heterocycles. The zero-order chi connectivity index (χ0) is 22.4. The van der Waals surface area contributed by atoms with E-state index in [9.17, 15) is 0 Å². The van der Waals surface area contributed by atoms with Gasteiger partial charge in [0.1, 0.15) is 11.5 Å². The molecule has 6 rings (SSSR count). The van der Waals surface area contributed by atoms with Gasteiger partial charge in [0.2, 0.25) is 0 Å². The first-order valence-electron chi connectivity index (χ1n) is 13.4. The summed E-state index contributed by atoms with van der Waals surface area (Å²) in [5, 5.41) is 0. The van der Waals surface area contributed by atoms with Crippen LogP contribution in [0.3, 0.4) is 0 Å². The van der Waals surface area contributed by atoms with E-state index in [1.165, 1.54) is 60.8 Å². The molecule has 2 saturated heterocycles. The Morgan fingerprint density at radius 2 is 1.15 bits per heavy atom. The summed E-state index contributed by atoms with van der Waals surface area (Å²) in [6.45, 7) is 4.53. The van der Waals surface area contributed by atoms with Gasteiger partial charge in [0.05, 0.1) is 24.4 Å². The zero-order valence-corrected chi connectivity index (χ0v) is 20.2. The second kappa shape index (κ2) is 9.07. The predicted octanol–water partition coefficient (Wildman–Crippen LogP) is 6.82. The fraction of sp³-hybridized carbons (Fsp3) is 0.600. The summed E-state index contributed by atoms with van der Waals surface area (Å²) in [4.78, 5) is 0. The lowest BCUT2D eigenvalue weighted by molar-refractivity contribution is 0.356. The van der Waals surface area contributed by atoms with E-state index in [4.69, 9.17) is 14.2 Å². The van der Waals surface area contributed by atoms with Crippen LogP contribution in [0.15, 0.2) is 36.4 Å². The van der Waals surface area contributed by atoms with Crippen LogP contribution in [0.1, 0.15) is 74.6 Å². The summed E-state index contributed by atoms with van der Waals surface area (Å²) < 4.78 is 18.4. The number of aryl methyl sites for hydroxylation is 2. The van der Waals surface area contributed by atoms with Crippen LogP contribution >= 0.6 is 0 Å². The summed E-state index contributed by atoms with van der Waals surface area (Å²) in [7, 11) is 0. The third-order valence-electron chi connectivity index (χ3n) is 8.65. The van der Waals surface area contributed by atoms with Crippen molar-refractivity contribution in [2.45, 2.75) is 102 Å². The molecular formula is C30H38O3. The van der Waals surface area contributed by atoms with Crippen LogP contribution in [0.5, 0.6) is 11.5 Å². The molecule has 2 saturated carbocycles. The van der Waals surface area contributed by atoms with E-state index in [0.29, 0.717) is 36.3 Å². The molecule has 2 aliphatic carbocycles. The summed E-state index contributed by atoms with van der Waals surface area (Å²) >= 11 is 0. The van der Waals surface area contributed by atoms with Gasteiger partial charge in [-0.3, -0.25) is 0 Å². The van der Waals surface area contributed by atoms with Gasteiger partial charge in [0, 0.05) is 0 Å². The minimum atomic E-state index is 0.528. The van der Waals surface area contributed by atoms with Gasteiger partial charge in [-0.15, -0.1) is 0 Å². The van der Waals surface area contributed by atoms with E-state index in [2.05, 4.69) is 50.2 Å². The van der Waals surface area contributed by atoms with Crippen molar-refractivity contribution in [1.29, 1.82) is 0 Å². The molecule has 2 heterocycles. The quantitative estimate of drug-likeness (QED) is 0.417. The fourth-order valence-corrected chi connectivity index (χ4v) is 6.58. The summed E-state index contributed by atoms with van der Waals surface area (Å²) in [5.74, 6) is 3.55. The van der Waals surface area contributed by atoms with E-state index in [0.717, 1.165) is 37.2 Å². The van der Waals surface area contributed by atoms with Gasteiger partial charge in [0.25, 0.3) is 0 Å². The highest BCUT2D eigenvalue weighted by atomic mass is 16.6. The molecule has 3 nitrogen and oxygen atoms in total. The molecule has 6 atom stereocenters. The Labute approximate surface area is 198 Å². The average molecular weight is 447 g/mol. The number of epoxide rings is 2. The molecule has 0 spiro atoms. The Balaban J connectivity index is 1.27. The van der Waals surface area contributed by atoms with E-state index in [1.54, 1.807) is 0 Å². The van der Waals surface area contributed by atoms with E-state index in [1.807, 2.05) is 0 Å². The molecule has 3 heteroatoms. The second-order valence-electron chi connectivity index (χ2n) is 10.8. The van der Waals surface area contributed by atoms with Crippen molar-refractivity contribution in [3.8, 4) is 11.5 Å². The van der Waals surface area contributed by atoms with E-state index < -0.39 is 0 Å². The van der Waals surface area contributed by atoms with Crippen molar-refractivity contribution in [1.82, 2.24) is 0 Å². The number of benzene rings is 2. The molecule has 0 aromatic heterocycles. The Kier molecular flexibility index (Phi) is 5.96. The molecule has 6 unspecified atom stereocenters. The van der Waals surface area contributed by atoms with Crippen LogP contribution in [0.25, 0.3) is 0 Å². The standard InChI is InChI=1S/C30H38O3/c1-3-21-7-5-9-25(23(21)15-19-11-13-27-29(17-19)32-27)31-26-10-6-8-22(4-2)24(26)16-20-12-14-28-30(18-20)33-28/h5-10,19-20,27-30H,3-4,11-18H2,1-2H3. The highest BCUT2D eigenvalue weighted by molar-refractivity contribution is 5.47. The molecule has 0 amide bonds. The molecule has 0 N–H and O–H groups in total. The minimum absolute atomic E-state index is 0.528. The molecule has 33 heavy (non-hydrogen) atoms. The van der Waals surface area contributed by atoms with Crippen molar-refractivity contribution in [3.63, 3.8) is 0 Å². The van der Waals surface area contributed by atoms with Crippen molar-refractivity contribution in [3.05, 3.63) is 58.7 Å². The Morgan fingerprint density at radius 3 is 1.58 bits per heavy atom. The zero-order valence-electron chi connectivity index (χ0n) is 20.2. The fourth-order valence-electron chi connectivity index (χ4n) is 6.58. The largest absolute Gasteiger partial charge is 0.457 e. The summed E-state index contributed by atoms with van der Waals surface area (Å²) in [6, 6.07) is 13.3. The lowest BCUT2D eigenvalue weighted by Gasteiger charge is -2.25. The minimum Gasteiger partial charge on any atom is -0.457 e. The topological polar surface area (TPSA) is 34.3 Å². The Bertz CT molecular complexity index is 919. The smallest absolute Gasteiger partial charge is 0.130 e. The van der Waals surface area contributed by atoms with Crippen molar-refractivity contribution >= 4 is 0 Å². The second-order valence-corrected chi connectivity index (χ2v) is 10.8. The monoisotopic (exact) mass is 446 g/mol. The van der Waals surface area contributed by atoms with Crippen LogP contribution in [0.4, 0.5) is 0 Å². The maximum Gasteiger partial charge on any atom is 0.130 e. The van der Waals surface area contributed by atoms with Crippen molar-refractivity contribution in [2.24, 2.45) is 11.8 Å². The molecule has 4 fully saturated rings. The molecule has 2 aromatic carbocycles. The molecule has 2 aromatic rings. The van der Waals surface area contributed by atoms with Crippen molar-refractivity contribution < 1.29 is 14.2 Å². The molecule has 4 aliphatic rings. The highest BCUT2D eigenvalue weighted by Gasteiger charge is 2.44. The maximum atomic E-state index is 6.82. The van der Waals surface area contributed by atoms with E-state index >= 15 is 0 Å². The van der Waals surface area contributed by atoms with Crippen LogP contribution < -0.4 is 4.74 Å². The Morgan fingerprint density at radius 1 is 0.667 bits per heavy atom. The van der Waals surface area contributed by atoms with Gasteiger partial charge in [-0.2, -0.15) is 0 Å². The van der Waals surface area contributed by atoms with Gasteiger partial charge in [-0.05, 0) is 110 Å². The number of hydrogen-bond donors (Lipinski definition) is 0. The van der Waals surface area contributed by atoms with Gasteiger partial charge in [-0.25, -0.2) is 0 Å². The van der Waals surface area contributed by atoms with Gasteiger partial charge in [0.15, 0.2) is 0 Å². The van der Waals surface area contributed by atoms with Crippen LogP contribution in [0.2, 0.25) is 0 Å². The Hall–Kier alpha value is -1.84. The van der Waals surface area contributed by atoms with Gasteiger partial charge in [-0.1, -0.05) is 38.1 Å². The lowest BCUT2D eigenvalue weighted by Crippen LogP contribution is -2.17. The number of hydrogen-bond acceptors (Lipinski definition) is 3. The average Bonchev–Trinajstić information content (AvgIpc) is 3.75. The van der Waals surface area contributed by atoms with Gasteiger partial charge < -0.3 is 14.2 Å². The molecule has 0 radical (unpaired) electrons. The van der Waals surface area contributed by atoms with Crippen LogP contribution in [0, 0.1) is 11.8 Å². The number of rotatable bonds is 8. The molecule has 0 bridgehead atoms. The third-order valence-corrected chi connectivity index (χ3v) is 8.65. The lowest BCUT2D eigenvalue weighted by atomic mass is 9.83. The number of ether oxygens (including phenoxy) is 3. The third kappa shape index (κ3) is 4.59. The normalized spacial score (nSPS) is 32.1. The first-order valence-corrected chi connectivity index (χ1v) is 13.4. The first-order chi connectivity index (χ1) is 16.2. The highest BCUT2D eigenvalue weighted by Crippen LogP contribution is 2.44. The van der Waals surface area contributed by atoms with Gasteiger partial charge >= 0.3 is 0 Å². The summed E-state index contributed by atoms with van der Waals surface area (Å²) in [6.07, 6.45) is 13.9. The number of fused-ring (bicyclic) bond motifs is 2. The maximum absolute atomic E-state index is 6.82. The van der Waals surface area contributed by atoms with Crippen LogP contribution in [-0.4, -0.2) is 24.4 Å². The van der Waals surface area contributed by atoms with Crippen molar-refractivity contribution in [2.75, 3.05) is 0 Å². The SMILES string of the molecule is CCc1cccc(Oc2cccc(CC)c2CC2CCC3OC3C2)c1CC1CCC2OC2C1. The molecule has 176 valence electrons. The first kappa shape index (κ1) is 21.7. The van der Waals surface area contributed by atoms with E-state index in [-0.39, 0.29) is 0 Å². The molecular weight excluding hydrogens is 408 g/mol. The predicted molar refractivity (Wildman–Crippen MR) is 131 cm³/mol.